The molecule has 0 bridgehead atoms. The van der Waals surface area contributed by atoms with Gasteiger partial charge in [-0.2, -0.15) is 0 Å². The molecule has 27 heavy (non-hydrogen) atoms. The van der Waals surface area contributed by atoms with Crippen LogP contribution in [0, 0.1) is 0 Å². The van der Waals surface area contributed by atoms with Crippen LogP contribution in [-0.4, -0.2) is 58.4 Å². The molecule has 0 aromatic heterocycles. The fourth-order valence-electron chi connectivity index (χ4n) is 3.15. The van der Waals surface area contributed by atoms with Gasteiger partial charge >= 0.3 is 6.03 Å². The Morgan fingerprint density at radius 3 is 2.26 bits per heavy atom. The van der Waals surface area contributed by atoms with Crippen molar-refractivity contribution in [2.75, 3.05) is 57.7 Å². The van der Waals surface area contributed by atoms with E-state index in [1.807, 2.05) is 24.3 Å². The van der Waals surface area contributed by atoms with Crippen molar-refractivity contribution < 1.29 is 19.0 Å². The van der Waals surface area contributed by atoms with Crippen LogP contribution in [0.1, 0.15) is 0 Å². The average Bonchev–Trinajstić information content (AvgIpc) is 2.73. The van der Waals surface area contributed by atoms with Crippen LogP contribution >= 0.6 is 0 Å². The molecule has 144 valence electrons. The Hall–Kier alpha value is -3.09. The quantitative estimate of drug-likeness (QED) is 0.875. The molecule has 3 rings (SSSR count). The Labute approximate surface area is 159 Å². The molecule has 2 amide bonds. The lowest BCUT2D eigenvalue weighted by Crippen LogP contribution is -2.50. The van der Waals surface area contributed by atoms with Crippen LogP contribution in [0.2, 0.25) is 0 Å². The number of methoxy groups -OCH3 is 3. The first-order valence-corrected chi connectivity index (χ1v) is 8.82. The number of rotatable bonds is 5. The van der Waals surface area contributed by atoms with E-state index in [1.165, 1.54) is 0 Å². The summed E-state index contributed by atoms with van der Waals surface area (Å²) in [7, 11) is 4.83. The van der Waals surface area contributed by atoms with Gasteiger partial charge in [0.05, 0.1) is 32.7 Å². The van der Waals surface area contributed by atoms with Crippen LogP contribution in [0.4, 0.5) is 16.2 Å². The molecule has 1 aliphatic rings. The van der Waals surface area contributed by atoms with Crippen molar-refractivity contribution in [3.63, 3.8) is 0 Å². The maximum atomic E-state index is 12.7. The molecule has 1 saturated heterocycles. The third-order valence-corrected chi connectivity index (χ3v) is 4.64. The van der Waals surface area contributed by atoms with E-state index >= 15 is 0 Å². The second kappa shape index (κ2) is 8.53. The Bertz CT molecular complexity index is 789. The summed E-state index contributed by atoms with van der Waals surface area (Å²) in [6.07, 6.45) is 0. The van der Waals surface area contributed by atoms with Gasteiger partial charge in [0.2, 0.25) is 0 Å². The number of hydrogen-bond acceptors (Lipinski definition) is 5. The summed E-state index contributed by atoms with van der Waals surface area (Å²) in [5, 5.41) is 2.92. The molecule has 1 aliphatic heterocycles. The molecule has 2 aromatic rings. The van der Waals surface area contributed by atoms with Crippen molar-refractivity contribution in [3.8, 4) is 17.2 Å². The number of amides is 2. The normalized spacial score (nSPS) is 13.9. The Kier molecular flexibility index (Phi) is 5.90. The highest BCUT2D eigenvalue weighted by atomic mass is 16.5. The van der Waals surface area contributed by atoms with Crippen molar-refractivity contribution in [1.82, 2.24) is 4.90 Å². The van der Waals surface area contributed by atoms with Gasteiger partial charge in [-0.05, 0) is 24.3 Å². The van der Waals surface area contributed by atoms with Gasteiger partial charge in [0.25, 0.3) is 0 Å². The number of ether oxygens (including phenoxy) is 3. The van der Waals surface area contributed by atoms with Gasteiger partial charge in [-0.1, -0.05) is 12.1 Å². The largest absolute Gasteiger partial charge is 0.497 e. The predicted molar refractivity (Wildman–Crippen MR) is 105 cm³/mol. The van der Waals surface area contributed by atoms with E-state index in [0.717, 1.165) is 24.5 Å². The Balaban J connectivity index is 1.64. The SMILES string of the molecule is COc1ccc(OC)c(NC(=O)N2CCN(c3ccccc3OC)CC2)c1. The molecule has 1 heterocycles. The van der Waals surface area contributed by atoms with Crippen LogP contribution in [0.5, 0.6) is 17.2 Å². The maximum absolute atomic E-state index is 12.7. The van der Waals surface area contributed by atoms with Gasteiger partial charge < -0.3 is 29.3 Å². The van der Waals surface area contributed by atoms with E-state index in [9.17, 15) is 4.79 Å². The second-order valence-corrected chi connectivity index (χ2v) is 6.14. The number of piperazine rings is 1. The standard InChI is InChI=1S/C20H25N3O4/c1-25-15-8-9-18(26-2)16(14-15)21-20(24)23-12-10-22(11-13-23)17-6-4-5-7-19(17)27-3/h4-9,14H,10-13H2,1-3H3,(H,21,24). The molecular formula is C20H25N3O4. The van der Waals surface area contributed by atoms with Crippen molar-refractivity contribution in [2.45, 2.75) is 0 Å². The zero-order valence-electron chi connectivity index (χ0n) is 15.9. The van der Waals surface area contributed by atoms with Crippen molar-refractivity contribution in [3.05, 3.63) is 42.5 Å². The number of hydrogen-bond donors (Lipinski definition) is 1. The van der Waals surface area contributed by atoms with E-state index in [4.69, 9.17) is 14.2 Å². The third kappa shape index (κ3) is 4.19. The Morgan fingerprint density at radius 2 is 1.59 bits per heavy atom. The number of carbonyl (C=O) groups is 1. The molecule has 0 saturated carbocycles. The van der Waals surface area contributed by atoms with Crippen molar-refractivity contribution in [2.24, 2.45) is 0 Å². The molecule has 0 unspecified atom stereocenters. The van der Waals surface area contributed by atoms with Gasteiger partial charge in [-0.25, -0.2) is 4.79 Å². The highest BCUT2D eigenvalue weighted by Gasteiger charge is 2.23. The van der Waals surface area contributed by atoms with E-state index in [1.54, 1.807) is 44.4 Å². The molecule has 0 radical (unpaired) electrons. The maximum Gasteiger partial charge on any atom is 0.322 e. The number of nitrogens with one attached hydrogen (secondary N) is 1. The van der Waals surface area contributed by atoms with Gasteiger partial charge in [-0.15, -0.1) is 0 Å². The molecule has 1 N–H and O–H groups in total. The lowest BCUT2D eigenvalue weighted by Gasteiger charge is -2.36. The van der Waals surface area contributed by atoms with E-state index in [2.05, 4.69) is 10.2 Å². The smallest absolute Gasteiger partial charge is 0.322 e. The predicted octanol–water partition coefficient (Wildman–Crippen LogP) is 3.07. The van der Waals surface area contributed by atoms with Crippen molar-refractivity contribution >= 4 is 17.4 Å². The topological polar surface area (TPSA) is 63.3 Å². The lowest BCUT2D eigenvalue weighted by atomic mass is 10.2. The fraction of sp³-hybridized carbons (Fsp3) is 0.350. The summed E-state index contributed by atoms with van der Waals surface area (Å²) >= 11 is 0. The van der Waals surface area contributed by atoms with Gasteiger partial charge in [0.15, 0.2) is 0 Å². The van der Waals surface area contributed by atoms with Crippen LogP contribution in [-0.2, 0) is 0 Å². The minimum atomic E-state index is -0.152. The molecule has 0 atom stereocenters. The van der Waals surface area contributed by atoms with E-state index < -0.39 is 0 Å². The Morgan fingerprint density at radius 1 is 0.889 bits per heavy atom. The zero-order chi connectivity index (χ0) is 19.2. The number of urea groups is 1. The lowest BCUT2D eigenvalue weighted by molar-refractivity contribution is 0.208. The third-order valence-electron chi connectivity index (χ3n) is 4.64. The van der Waals surface area contributed by atoms with Crippen molar-refractivity contribution in [1.29, 1.82) is 0 Å². The molecular weight excluding hydrogens is 346 g/mol. The van der Waals surface area contributed by atoms with Gasteiger partial charge in [0.1, 0.15) is 17.2 Å². The number of carbonyl (C=O) groups excluding carboxylic acids is 1. The highest BCUT2D eigenvalue weighted by molar-refractivity contribution is 5.91. The molecule has 1 fully saturated rings. The monoisotopic (exact) mass is 371 g/mol. The first-order chi connectivity index (χ1) is 13.2. The van der Waals surface area contributed by atoms with E-state index in [-0.39, 0.29) is 6.03 Å². The van der Waals surface area contributed by atoms with E-state index in [0.29, 0.717) is 30.3 Å². The molecule has 2 aromatic carbocycles. The molecule has 0 aliphatic carbocycles. The second-order valence-electron chi connectivity index (χ2n) is 6.14. The summed E-state index contributed by atoms with van der Waals surface area (Å²) in [4.78, 5) is 16.7. The molecule has 7 heteroatoms. The summed E-state index contributed by atoms with van der Waals surface area (Å²) in [5.41, 5.74) is 1.64. The number of benzene rings is 2. The van der Waals surface area contributed by atoms with Gasteiger partial charge in [0, 0.05) is 32.2 Å². The van der Waals surface area contributed by atoms with Crippen LogP contribution in [0.25, 0.3) is 0 Å². The molecule has 0 spiro atoms. The first kappa shape index (κ1) is 18.7. The summed E-state index contributed by atoms with van der Waals surface area (Å²) in [6.45, 7) is 2.72. The first-order valence-electron chi connectivity index (χ1n) is 8.82. The minimum Gasteiger partial charge on any atom is -0.497 e. The molecule has 7 nitrogen and oxygen atoms in total. The van der Waals surface area contributed by atoms with Gasteiger partial charge in [-0.3, -0.25) is 0 Å². The number of anilines is 2. The van der Waals surface area contributed by atoms with Crippen LogP contribution < -0.4 is 24.4 Å². The summed E-state index contributed by atoms with van der Waals surface area (Å²) in [6, 6.07) is 13.1. The number of para-hydroxylation sites is 2. The minimum absolute atomic E-state index is 0.152. The fourth-order valence-corrected chi connectivity index (χ4v) is 3.15. The zero-order valence-corrected chi connectivity index (χ0v) is 15.9. The van der Waals surface area contributed by atoms with Crippen LogP contribution in [0.15, 0.2) is 42.5 Å². The summed E-state index contributed by atoms with van der Waals surface area (Å²) < 4.78 is 16.0. The highest BCUT2D eigenvalue weighted by Crippen LogP contribution is 2.30. The summed E-state index contributed by atoms with van der Waals surface area (Å²) in [5.74, 6) is 2.10. The van der Waals surface area contributed by atoms with Crippen LogP contribution in [0.3, 0.4) is 0 Å². The number of nitrogens with zero attached hydrogens (tertiary/aromatic N) is 2. The average molecular weight is 371 g/mol.